The van der Waals surface area contributed by atoms with Crippen LogP contribution in [0.3, 0.4) is 0 Å². The third-order valence-corrected chi connectivity index (χ3v) is 2.96. The Kier molecular flexibility index (Phi) is 4.28. The third kappa shape index (κ3) is 3.19. The van der Waals surface area contributed by atoms with E-state index in [-0.39, 0.29) is 6.04 Å². The summed E-state index contributed by atoms with van der Waals surface area (Å²) in [7, 11) is 0. The lowest BCUT2D eigenvalue weighted by Gasteiger charge is -2.17. The Bertz CT molecular complexity index is 527. The van der Waals surface area contributed by atoms with Crippen LogP contribution in [0.25, 0.3) is 0 Å². The smallest absolute Gasteiger partial charge is 0.135 e. The Balaban J connectivity index is 2.21. The van der Waals surface area contributed by atoms with E-state index in [1.165, 1.54) is 6.33 Å². The van der Waals surface area contributed by atoms with E-state index in [0.717, 1.165) is 29.9 Å². The van der Waals surface area contributed by atoms with Gasteiger partial charge in [0.25, 0.3) is 0 Å². The number of nitrogen functional groups attached to an aromatic ring is 1. The number of hydrogen-bond acceptors (Lipinski definition) is 5. The molecule has 0 bridgehead atoms. The lowest BCUT2D eigenvalue weighted by atomic mass is 10.1. The van der Waals surface area contributed by atoms with Gasteiger partial charge in [-0.2, -0.15) is 0 Å². The third-order valence-electron chi connectivity index (χ3n) is 2.96. The molecule has 3 N–H and O–H groups in total. The van der Waals surface area contributed by atoms with Gasteiger partial charge in [-0.3, -0.25) is 4.98 Å². The molecule has 0 aliphatic rings. The minimum absolute atomic E-state index is 0.0751. The van der Waals surface area contributed by atoms with Gasteiger partial charge in [0.05, 0.1) is 11.7 Å². The van der Waals surface area contributed by atoms with Gasteiger partial charge < -0.3 is 11.1 Å². The van der Waals surface area contributed by atoms with Crippen LogP contribution in [0.15, 0.2) is 30.7 Å². The molecule has 2 heterocycles. The molecule has 2 rings (SSSR count). The molecule has 0 spiro atoms. The van der Waals surface area contributed by atoms with Crippen molar-refractivity contribution in [3.05, 3.63) is 42.0 Å². The molecule has 0 aromatic carbocycles. The molecule has 0 amide bonds. The zero-order valence-corrected chi connectivity index (χ0v) is 11.3. The van der Waals surface area contributed by atoms with Crippen LogP contribution in [0.5, 0.6) is 0 Å². The zero-order chi connectivity index (χ0) is 13.7. The highest BCUT2D eigenvalue weighted by Crippen LogP contribution is 2.23. The SMILES string of the molecule is CCCc1c(N)ncnc1NC(C)c1ccccn1. The summed E-state index contributed by atoms with van der Waals surface area (Å²) in [6.07, 6.45) is 5.14. The first kappa shape index (κ1) is 13.3. The molecule has 5 heteroatoms. The van der Waals surface area contributed by atoms with Crippen molar-refractivity contribution in [1.29, 1.82) is 0 Å². The van der Waals surface area contributed by atoms with Crippen LogP contribution in [0.4, 0.5) is 11.6 Å². The van der Waals surface area contributed by atoms with E-state index in [9.17, 15) is 0 Å². The highest BCUT2D eigenvalue weighted by atomic mass is 15.1. The van der Waals surface area contributed by atoms with Crippen LogP contribution >= 0.6 is 0 Å². The highest BCUT2D eigenvalue weighted by Gasteiger charge is 2.12. The van der Waals surface area contributed by atoms with Gasteiger partial charge in [0.1, 0.15) is 18.0 Å². The Morgan fingerprint density at radius 3 is 2.79 bits per heavy atom. The second-order valence-corrected chi connectivity index (χ2v) is 4.46. The monoisotopic (exact) mass is 257 g/mol. The Labute approximate surface area is 113 Å². The average Bonchev–Trinajstić information content (AvgIpc) is 2.43. The maximum absolute atomic E-state index is 5.92. The fourth-order valence-electron chi connectivity index (χ4n) is 1.96. The van der Waals surface area contributed by atoms with Gasteiger partial charge in [-0.25, -0.2) is 9.97 Å². The zero-order valence-electron chi connectivity index (χ0n) is 11.3. The van der Waals surface area contributed by atoms with Gasteiger partial charge >= 0.3 is 0 Å². The van der Waals surface area contributed by atoms with Crippen LogP contribution in [-0.2, 0) is 6.42 Å². The predicted molar refractivity (Wildman–Crippen MR) is 76.7 cm³/mol. The van der Waals surface area contributed by atoms with Crippen molar-refractivity contribution in [2.45, 2.75) is 32.7 Å². The first-order chi connectivity index (χ1) is 9.22. The number of nitrogens with zero attached hydrogens (tertiary/aromatic N) is 3. The number of hydrogen-bond donors (Lipinski definition) is 2. The molecular weight excluding hydrogens is 238 g/mol. The first-order valence-corrected chi connectivity index (χ1v) is 6.49. The highest BCUT2D eigenvalue weighted by molar-refractivity contribution is 5.55. The summed E-state index contributed by atoms with van der Waals surface area (Å²) in [6, 6.07) is 5.94. The molecule has 19 heavy (non-hydrogen) atoms. The predicted octanol–water partition coefficient (Wildman–Crippen LogP) is 2.58. The van der Waals surface area contributed by atoms with Crippen LogP contribution in [0, 0.1) is 0 Å². The molecule has 0 aliphatic carbocycles. The summed E-state index contributed by atoms with van der Waals surface area (Å²) < 4.78 is 0. The van der Waals surface area contributed by atoms with Crippen molar-refractivity contribution in [1.82, 2.24) is 15.0 Å². The molecule has 5 nitrogen and oxygen atoms in total. The van der Waals surface area contributed by atoms with Gasteiger partial charge in [-0.05, 0) is 25.5 Å². The first-order valence-electron chi connectivity index (χ1n) is 6.49. The number of nitrogens with two attached hydrogens (primary N) is 1. The second-order valence-electron chi connectivity index (χ2n) is 4.46. The number of pyridine rings is 1. The molecule has 1 unspecified atom stereocenters. The van der Waals surface area contributed by atoms with E-state index in [1.54, 1.807) is 6.20 Å². The molecule has 0 fully saturated rings. The Morgan fingerprint density at radius 1 is 1.26 bits per heavy atom. The van der Waals surface area contributed by atoms with E-state index < -0.39 is 0 Å². The molecule has 0 saturated heterocycles. The normalized spacial score (nSPS) is 12.1. The van der Waals surface area contributed by atoms with E-state index in [4.69, 9.17) is 5.73 Å². The van der Waals surface area contributed by atoms with Crippen molar-refractivity contribution in [2.24, 2.45) is 0 Å². The number of rotatable bonds is 5. The summed E-state index contributed by atoms with van der Waals surface area (Å²) in [5.74, 6) is 1.35. The summed E-state index contributed by atoms with van der Waals surface area (Å²) in [5, 5.41) is 3.36. The standard InChI is InChI=1S/C14H19N5/c1-3-6-11-13(15)17-9-18-14(11)19-10(2)12-7-4-5-8-16-12/h4-5,7-10H,3,6H2,1-2H3,(H3,15,17,18,19). The van der Waals surface area contributed by atoms with Gasteiger partial charge in [-0.15, -0.1) is 0 Å². The molecule has 2 aromatic heterocycles. The molecule has 0 aliphatic heterocycles. The summed E-state index contributed by atoms with van der Waals surface area (Å²) >= 11 is 0. The number of nitrogens with one attached hydrogen (secondary N) is 1. The number of aromatic nitrogens is 3. The van der Waals surface area contributed by atoms with Crippen LogP contribution in [-0.4, -0.2) is 15.0 Å². The van der Waals surface area contributed by atoms with Crippen LogP contribution < -0.4 is 11.1 Å². The average molecular weight is 257 g/mol. The topological polar surface area (TPSA) is 76.7 Å². The van der Waals surface area contributed by atoms with Gasteiger partial charge in [0.15, 0.2) is 0 Å². The van der Waals surface area contributed by atoms with Crippen LogP contribution in [0.2, 0.25) is 0 Å². The van der Waals surface area contributed by atoms with Crippen LogP contribution in [0.1, 0.15) is 37.6 Å². The Morgan fingerprint density at radius 2 is 2.11 bits per heavy atom. The maximum atomic E-state index is 5.92. The van der Waals surface area contributed by atoms with Crippen molar-refractivity contribution in [3.8, 4) is 0 Å². The van der Waals surface area contributed by atoms with E-state index >= 15 is 0 Å². The summed E-state index contributed by atoms with van der Waals surface area (Å²) in [5.41, 5.74) is 7.87. The van der Waals surface area contributed by atoms with E-state index in [1.807, 2.05) is 18.2 Å². The van der Waals surface area contributed by atoms with Gasteiger partial charge in [0.2, 0.25) is 0 Å². The molecule has 0 saturated carbocycles. The van der Waals surface area contributed by atoms with Crippen molar-refractivity contribution in [3.63, 3.8) is 0 Å². The molecule has 1 atom stereocenters. The maximum Gasteiger partial charge on any atom is 0.135 e. The fourth-order valence-corrected chi connectivity index (χ4v) is 1.96. The number of anilines is 2. The minimum atomic E-state index is 0.0751. The lowest BCUT2D eigenvalue weighted by molar-refractivity contribution is 0.818. The summed E-state index contributed by atoms with van der Waals surface area (Å²) in [6.45, 7) is 4.16. The minimum Gasteiger partial charge on any atom is -0.383 e. The largest absolute Gasteiger partial charge is 0.383 e. The van der Waals surface area contributed by atoms with E-state index in [2.05, 4.69) is 34.1 Å². The molecule has 0 radical (unpaired) electrons. The summed E-state index contributed by atoms with van der Waals surface area (Å²) in [4.78, 5) is 12.7. The van der Waals surface area contributed by atoms with E-state index in [0.29, 0.717) is 5.82 Å². The molecule has 100 valence electrons. The lowest BCUT2D eigenvalue weighted by Crippen LogP contribution is -2.13. The van der Waals surface area contributed by atoms with Crippen molar-refractivity contribution >= 4 is 11.6 Å². The fraction of sp³-hybridized carbons (Fsp3) is 0.357. The quantitative estimate of drug-likeness (QED) is 0.861. The van der Waals surface area contributed by atoms with Crippen molar-refractivity contribution in [2.75, 3.05) is 11.1 Å². The van der Waals surface area contributed by atoms with Gasteiger partial charge in [0, 0.05) is 11.8 Å². The molecule has 2 aromatic rings. The van der Waals surface area contributed by atoms with Crippen molar-refractivity contribution < 1.29 is 0 Å². The molecular formula is C14H19N5. The van der Waals surface area contributed by atoms with Gasteiger partial charge in [-0.1, -0.05) is 19.4 Å². The Hall–Kier alpha value is -2.17. The second kappa shape index (κ2) is 6.13.